The van der Waals surface area contributed by atoms with Crippen LogP contribution in [0.4, 0.5) is 11.4 Å². The summed E-state index contributed by atoms with van der Waals surface area (Å²) in [7, 11) is 0. The van der Waals surface area contributed by atoms with Gasteiger partial charge in [-0.2, -0.15) is 0 Å². The first kappa shape index (κ1) is 23.6. The quantitative estimate of drug-likeness (QED) is 0.630. The van der Waals surface area contributed by atoms with Crippen molar-refractivity contribution in [2.75, 3.05) is 37.7 Å². The Labute approximate surface area is 181 Å². The number of carboxylic acid groups (broad SMARTS) is 2. The molecule has 2 aromatic rings. The molecule has 0 saturated heterocycles. The predicted octanol–water partition coefficient (Wildman–Crippen LogP) is 4.19. The van der Waals surface area contributed by atoms with E-state index in [0.717, 1.165) is 31.9 Å². The fourth-order valence-electron chi connectivity index (χ4n) is 3.09. The number of hydrogen-bond acceptors (Lipinski definition) is 6. The molecule has 0 atom stereocenters. The highest BCUT2D eigenvalue weighted by molar-refractivity contribution is 7.99. The van der Waals surface area contributed by atoms with Gasteiger partial charge in [-0.3, -0.25) is 0 Å². The Hall–Kier alpha value is -2.71. The Bertz CT molecular complexity index is 858. The molecule has 30 heavy (non-hydrogen) atoms. The van der Waals surface area contributed by atoms with Crippen LogP contribution in [0.15, 0.2) is 52.3 Å². The maximum atomic E-state index is 9.10. The third kappa shape index (κ3) is 6.14. The molecule has 1 heterocycles. The summed E-state index contributed by atoms with van der Waals surface area (Å²) in [5, 5.41) is 14.8. The number of hydrogen-bond donors (Lipinski definition) is 2. The lowest BCUT2D eigenvalue weighted by Crippen LogP contribution is -2.33. The minimum Gasteiger partial charge on any atom is -0.494 e. The summed E-state index contributed by atoms with van der Waals surface area (Å²) < 4.78 is 5.69. The zero-order valence-corrected chi connectivity index (χ0v) is 18.3. The molecule has 0 aliphatic carbocycles. The van der Waals surface area contributed by atoms with E-state index in [1.54, 1.807) is 0 Å². The van der Waals surface area contributed by atoms with E-state index in [9.17, 15) is 0 Å². The van der Waals surface area contributed by atoms with Gasteiger partial charge < -0.3 is 24.7 Å². The zero-order valence-electron chi connectivity index (χ0n) is 17.5. The third-order valence-corrected chi connectivity index (χ3v) is 5.74. The summed E-state index contributed by atoms with van der Waals surface area (Å²) in [6, 6.07) is 15.1. The van der Waals surface area contributed by atoms with E-state index in [0.29, 0.717) is 6.61 Å². The summed E-state index contributed by atoms with van der Waals surface area (Å²) in [6.45, 7) is 11.4. The highest BCUT2D eigenvalue weighted by Gasteiger charge is 2.23. The van der Waals surface area contributed by atoms with Crippen LogP contribution in [0.25, 0.3) is 0 Å². The molecule has 0 saturated carbocycles. The highest BCUT2D eigenvalue weighted by atomic mass is 32.2. The summed E-state index contributed by atoms with van der Waals surface area (Å²) in [6.07, 6.45) is 0. The van der Waals surface area contributed by atoms with Gasteiger partial charge in [0.25, 0.3) is 0 Å². The Kier molecular flexibility index (Phi) is 9.01. The lowest BCUT2D eigenvalue weighted by Gasteiger charge is -2.34. The normalized spacial score (nSPS) is 11.8. The molecule has 0 radical (unpaired) electrons. The highest BCUT2D eigenvalue weighted by Crippen LogP contribution is 2.48. The molecule has 0 bridgehead atoms. The predicted molar refractivity (Wildman–Crippen MR) is 118 cm³/mol. The van der Waals surface area contributed by atoms with Crippen molar-refractivity contribution in [3.05, 3.63) is 42.5 Å². The van der Waals surface area contributed by atoms with Crippen LogP contribution in [-0.2, 0) is 9.59 Å². The number of nitrogens with zero attached hydrogens (tertiary/aromatic N) is 2. The molecular weight excluding hydrogens is 404 g/mol. The van der Waals surface area contributed by atoms with Crippen molar-refractivity contribution in [1.82, 2.24) is 4.90 Å². The summed E-state index contributed by atoms with van der Waals surface area (Å²) in [5.41, 5.74) is 2.60. The van der Waals surface area contributed by atoms with Gasteiger partial charge in [-0.15, -0.1) is 0 Å². The van der Waals surface area contributed by atoms with E-state index in [-0.39, 0.29) is 0 Å². The summed E-state index contributed by atoms with van der Waals surface area (Å²) in [4.78, 5) is 25.7. The van der Waals surface area contributed by atoms with Gasteiger partial charge in [-0.1, -0.05) is 37.7 Å². The van der Waals surface area contributed by atoms with Crippen LogP contribution < -0.4 is 9.64 Å². The molecule has 0 spiro atoms. The average molecular weight is 433 g/mol. The topological polar surface area (TPSA) is 90.3 Å². The largest absolute Gasteiger partial charge is 0.494 e. The molecule has 2 aromatic carbocycles. The monoisotopic (exact) mass is 432 g/mol. The Balaban J connectivity index is 0.000000469. The van der Waals surface area contributed by atoms with Crippen molar-refractivity contribution in [2.24, 2.45) is 0 Å². The second kappa shape index (κ2) is 11.5. The van der Waals surface area contributed by atoms with Gasteiger partial charge in [-0.25, -0.2) is 9.59 Å². The van der Waals surface area contributed by atoms with E-state index in [4.69, 9.17) is 24.5 Å². The SMILES string of the molecule is CCOc1ccc2c(c1)Sc1ccccc1N2CCN(CC)CC.O=C(O)C(=O)O. The number of rotatable bonds is 7. The van der Waals surface area contributed by atoms with Crippen LogP contribution >= 0.6 is 11.8 Å². The van der Waals surface area contributed by atoms with Gasteiger partial charge in [0.2, 0.25) is 0 Å². The van der Waals surface area contributed by atoms with Crippen LogP contribution in [0.3, 0.4) is 0 Å². The van der Waals surface area contributed by atoms with Crippen LogP contribution in [0.5, 0.6) is 5.75 Å². The first-order chi connectivity index (χ1) is 14.4. The van der Waals surface area contributed by atoms with Gasteiger partial charge in [0.05, 0.1) is 18.0 Å². The van der Waals surface area contributed by atoms with Crippen LogP contribution in [0.2, 0.25) is 0 Å². The fourth-order valence-corrected chi connectivity index (χ4v) is 4.22. The van der Waals surface area contributed by atoms with Crippen LogP contribution in [0.1, 0.15) is 20.8 Å². The molecule has 0 fully saturated rings. The van der Waals surface area contributed by atoms with Crippen molar-refractivity contribution in [2.45, 2.75) is 30.6 Å². The lowest BCUT2D eigenvalue weighted by atomic mass is 10.2. The Morgan fingerprint density at radius 1 is 0.967 bits per heavy atom. The van der Waals surface area contributed by atoms with Gasteiger partial charge in [0.15, 0.2) is 0 Å². The van der Waals surface area contributed by atoms with Gasteiger partial charge in [-0.05, 0) is 50.3 Å². The zero-order chi connectivity index (χ0) is 22.1. The smallest absolute Gasteiger partial charge is 0.414 e. The van der Waals surface area contributed by atoms with E-state index in [1.807, 2.05) is 18.7 Å². The first-order valence-corrected chi connectivity index (χ1v) is 10.7. The minimum atomic E-state index is -1.82. The minimum absolute atomic E-state index is 0.700. The molecule has 162 valence electrons. The number of anilines is 2. The molecule has 7 nitrogen and oxygen atoms in total. The molecule has 0 aromatic heterocycles. The van der Waals surface area contributed by atoms with Crippen LogP contribution in [0, 0.1) is 0 Å². The summed E-state index contributed by atoms with van der Waals surface area (Å²) in [5.74, 6) is -2.70. The lowest BCUT2D eigenvalue weighted by molar-refractivity contribution is -0.159. The number of carbonyl (C=O) groups is 2. The van der Waals surface area contributed by atoms with Gasteiger partial charge >= 0.3 is 11.9 Å². The number of likely N-dealkylation sites (N-methyl/N-ethyl adjacent to an activating group) is 1. The summed E-state index contributed by atoms with van der Waals surface area (Å²) >= 11 is 1.84. The van der Waals surface area contributed by atoms with E-state index in [2.05, 4.69) is 66.1 Å². The molecule has 8 heteroatoms. The van der Waals surface area contributed by atoms with Crippen molar-refractivity contribution in [3.8, 4) is 5.75 Å². The van der Waals surface area contributed by atoms with E-state index >= 15 is 0 Å². The molecule has 0 unspecified atom stereocenters. The number of carboxylic acids is 2. The maximum absolute atomic E-state index is 9.10. The molecule has 3 rings (SSSR count). The molecular formula is C22H28N2O5S. The van der Waals surface area contributed by atoms with E-state index in [1.165, 1.54) is 21.2 Å². The third-order valence-electron chi connectivity index (χ3n) is 4.63. The fraction of sp³-hybridized carbons (Fsp3) is 0.364. The molecule has 0 amide bonds. The van der Waals surface area contributed by atoms with Gasteiger partial charge in [0.1, 0.15) is 5.75 Å². The number of ether oxygens (including phenoxy) is 1. The standard InChI is InChI=1S/C20H26N2OS.C2H2O4/c1-4-21(5-2)13-14-22-17-9-7-8-10-19(17)24-20-15-16(23-6-3)11-12-18(20)22;3-1(4)2(5)6/h7-12,15H,4-6,13-14H2,1-3H3;(H,3,4)(H,5,6). The number of fused-ring (bicyclic) bond motifs is 2. The number of benzene rings is 2. The van der Waals surface area contributed by atoms with Crippen molar-refractivity contribution in [3.63, 3.8) is 0 Å². The van der Waals surface area contributed by atoms with E-state index < -0.39 is 11.9 Å². The second-order valence-corrected chi connectivity index (χ2v) is 7.50. The molecule has 1 aliphatic heterocycles. The molecule has 1 aliphatic rings. The molecule has 2 N–H and O–H groups in total. The number of aliphatic carboxylic acids is 2. The van der Waals surface area contributed by atoms with Gasteiger partial charge in [0, 0.05) is 22.9 Å². The van der Waals surface area contributed by atoms with Crippen LogP contribution in [-0.4, -0.2) is 59.8 Å². The number of para-hydroxylation sites is 1. The Morgan fingerprint density at radius 2 is 1.60 bits per heavy atom. The van der Waals surface area contributed by atoms with Crippen molar-refractivity contribution < 1.29 is 24.5 Å². The first-order valence-electron chi connectivity index (χ1n) is 9.91. The second-order valence-electron chi connectivity index (χ2n) is 6.42. The average Bonchev–Trinajstić information content (AvgIpc) is 2.74. The Morgan fingerprint density at radius 3 is 2.20 bits per heavy atom. The van der Waals surface area contributed by atoms with Crippen molar-refractivity contribution >= 4 is 35.1 Å². The maximum Gasteiger partial charge on any atom is 0.414 e. The van der Waals surface area contributed by atoms with Crippen molar-refractivity contribution in [1.29, 1.82) is 0 Å².